The molecule has 1 aliphatic rings. The van der Waals surface area contributed by atoms with Gasteiger partial charge in [0.1, 0.15) is 18.8 Å². The van der Waals surface area contributed by atoms with Gasteiger partial charge in [-0.2, -0.15) is 8.42 Å². The van der Waals surface area contributed by atoms with Crippen LogP contribution in [-0.4, -0.2) is 71.6 Å². The van der Waals surface area contributed by atoms with E-state index in [1.807, 2.05) is 0 Å². The number of esters is 1. The summed E-state index contributed by atoms with van der Waals surface area (Å²) in [7, 11) is -3.75. The smallest absolute Gasteiger partial charge is 0.362 e. The zero-order chi connectivity index (χ0) is 21.1. The van der Waals surface area contributed by atoms with Gasteiger partial charge in [0, 0.05) is 5.38 Å². The predicted molar refractivity (Wildman–Crippen MR) is 95.4 cm³/mol. The molecule has 4 N–H and O–H groups in total. The van der Waals surface area contributed by atoms with Crippen LogP contribution in [0.2, 0.25) is 0 Å². The Morgan fingerprint density at radius 2 is 2.18 bits per heavy atom. The number of ether oxygens (including phenoxy) is 1. The van der Waals surface area contributed by atoms with E-state index in [4.69, 9.17) is 10.5 Å². The average molecular weight is 435 g/mol. The van der Waals surface area contributed by atoms with Crippen molar-refractivity contribution < 1.29 is 36.9 Å². The molecule has 154 valence electrons. The molecule has 1 saturated heterocycles. The lowest BCUT2D eigenvalue weighted by atomic mass is 9.95. The second kappa shape index (κ2) is 8.49. The third-order valence-electron chi connectivity index (χ3n) is 3.55. The van der Waals surface area contributed by atoms with E-state index in [-0.39, 0.29) is 27.4 Å². The molecule has 0 unspecified atom stereocenters. The maximum absolute atomic E-state index is 12.5. The zero-order valence-electron chi connectivity index (χ0n) is 14.7. The Morgan fingerprint density at radius 1 is 1.50 bits per heavy atom. The summed E-state index contributed by atoms with van der Waals surface area (Å²) in [6.45, 7) is 1.56. The van der Waals surface area contributed by atoms with Crippen LogP contribution in [0.4, 0.5) is 5.13 Å². The Morgan fingerprint density at radius 3 is 2.68 bits per heavy atom. The molecule has 2 amide bonds. The predicted octanol–water partition coefficient (Wildman–Crippen LogP) is -1.47. The van der Waals surface area contributed by atoms with E-state index < -0.39 is 46.6 Å². The van der Waals surface area contributed by atoms with Gasteiger partial charge in [0.2, 0.25) is 0 Å². The fourth-order valence-corrected chi connectivity index (χ4v) is 3.88. The molecule has 1 fully saturated rings. The maximum Gasteiger partial charge on any atom is 0.362 e. The highest BCUT2D eigenvalue weighted by molar-refractivity contribution is 7.84. The first kappa shape index (κ1) is 21.5. The lowest BCUT2D eigenvalue weighted by Crippen LogP contribution is -2.72. The van der Waals surface area contributed by atoms with E-state index in [1.165, 1.54) is 19.4 Å². The molecule has 28 heavy (non-hydrogen) atoms. The number of rotatable bonds is 8. The number of nitrogens with zero attached hydrogens (tertiary/aromatic N) is 3. The summed E-state index contributed by atoms with van der Waals surface area (Å²) in [5.74, 6) is -2.86. The van der Waals surface area contributed by atoms with E-state index in [1.54, 1.807) is 0 Å². The number of β-lactam (4-membered cyclic amide) rings is 1. The quantitative estimate of drug-likeness (QED) is 0.143. The molecule has 0 saturated carbocycles. The number of amides is 2. The molecule has 2 rings (SSSR count). The van der Waals surface area contributed by atoms with Gasteiger partial charge in [-0.05, 0) is 6.92 Å². The third-order valence-corrected chi connectivity index (χ3v) is 5.17. The number of anilines is 1. The molecule has 15 heteroatoms. The van der Waals surface area contributed by atoms with E-state index in [2.05, 4.69) is 20.3 Å². The number of thiazole rings is 1. The average Bonchev–Trinajstić information content (AvgIpc) is 3.02. The van der Waals surface area contributed by atoms with Crippen molar-refractivity contribution in [1.29, 1.82) is 0 Å². The van der Waals surface area contributed by atoms with Crippen molar-refractivity contribution in [1.82, 2.24) is 14.6 Å². The zero-order valence-corrected chi connectivity index (χ0v) is 16.3. The fourth-order valence-electron chi connectivity index (χ4n) is 2.45. The third kappa shape index (κ3) is 4.55. The molecule has 2 atom stereocenters. The van der Waals surface area contributed by atoms with Crippen molar-refractivity contribution in [2.45, 2.75) is 25.4 Å². The maximum atomic E-state index is 12.5. The first-order valence-corrected chi connectivity index (χ1v) is 9.97. The van der Waals surface area contributed by atoms with Crippen LogP contribution in [-0.2, 0) is 34.3 Å². The van der Waals surface area contributed by atoms with Crippen molar-refractivity contribution in [2.24, 2.45) is 5.16 Å². The number of carbonyl (C=O) groups excluding carboxylic acids is 3. The van der Waals surface area contributed by atoms with Crippen LogP contribution in [0.5, 0.6) is 0 Å². The minimum atomic E-state index is -4.93. The number of oxime groups is 1. The SMILES string of the molecule is CCOC(=O)C[C@@H]1[C@@H](NC(=O)/C(=N\OC)c2csc(N)n2)C(=O)N1S(=O)(=O)O. The summed E-state index contributed by atoms with van der Waals surface area (Å²) in [5.41, 5.74) is 5.27. The number of hydrogen-bond acceptors (Lipinski definition) is 11. The first-order valence-electron chi connectivity index (χ1n) is 7.69. The van der Waals surface area contributed by atoms with Gasteiger partial charge in [-0.25, -0.2) is 9.29 Å². The minimum Gasteiger partial charge on any atom is -0.466 e. The normalized spacial score (nSPS) is 19.8. The molecule has 0 bridgehead atoms. The highest BCUT2D eigenvalue weighted by atomic mass is 32.2. The summed E-state index contributed by atoms with van der Waals surface area (Å²) in [6, 6.07) is -2.79. The molecule has 1 aromatic rings. The second-order valence-corrected chi connectivity index (χ2v) is 7.51. The highest BCUT2D eigenvalue weighted by Crippen LogP contribution is 2.27. The van der Waals surface area contributed by atoms with Crippen molar-refractivity contribution in [3.8, 4) is 0 Å². The van der Waals surface area contributed by atoms with Crippen LogP contribution in [0.25, 0.3) is 0 Å². The number of nitrogens with two attached hydrogens (primary N) is 1. The molecule has 1 aromatic heterocycles. The molecule has 0 spiro atoms. The monoisotopic (exact) mass is 435 g/mol. The van der Waals surface area contributed by atoms with Crippen LogP contribution in [0, 0.1) is 0 Å². The molecular weight excluding hydrogens is 418 g/mol. The van der Waals surface area contributed by atoms with Crippen LogP contribution < -0.4 is 11.1 Å². The first-order chi connectivity index (χ1) is 13.1. The standard InChI is InChI=1S/C13H17N5O8S2/c1-3-26-8(19)4-7-10(12(21)18(7)28(22,23)24)16-11(20)9(17-25-2)6-5-27-13(14)15-6/h5,7,10H,3-4H2,1-2H3,(H2,14,15)(H,16,20)(H,22,23,24)/b17-9-/t7-,10-/m1/s1. The van der Waals surface area contributed by atoms with Crippen LogP contribution in [0.3, 0.4) is 0 Å². The van der Waals surface area contributed by atoms with Crippen LogP contribution in [0.15, 0.2) is 10.5 Å². The Labute approximate surface area is 163 Å². The van der Waals surface area contributed by atoms with Crippen molar-refractivity contribution in [3.05, 3.63) is 11.1 Å². The fraction of sp³-hybridized carbons (Fsp3) is 0.462. The van der Waals surface area contributed by atoms with Crippen LogP contribution >= 0.6 is 11.3 Å². The minimum absolute atomic E-state index is 0.0261. The van der Waals surface area contributed by atoms with Crippen molar-refractivity contribution >= 4 is 50.3 Å². The number of nitrogen functional groups attached to an aromatic ring is 1. The Hall–Kier alpha value is -2.78. The van der Waals surface area contributed by atoms with Crippen molar-refractivity contribution in [3.63, 3.8) is 0 Å². The van der Waals surface area contributed by atoms with Gasteiger partial charge < -0.3 is 20.6 Å². The lowest BCUT2D eigenvalue weighted by molar-refractivity contribution is -0.152. The summed E-state index contributed by atoms with van der Waals surface area (Å²) >= 11 is 1.03. The molecular formula is C13H17N5O8S2. The van der Waals surface area contributed by atoms with Gasteiger partial charge in [-0.3, -0.25) is 18.9 Å². The van der Waals surface area contributed by atoms with Crippen LogP contribution in [0.1, 0.15) is 19.0 Å². The molecule has 0 radical (unpaired) electrons. The molecule has 13 nitrogen and oxygen atoms in total. The highest BCUT2D eigenvalue weighted by Gasteiger charge is 2.55. The number of hydrogen-bond donors (Lipinski definition) is 3. The Kier molecular flexibility index (Phi) is 6.52. The number of carbonyl (C=O) groups is 3. The van der Waals surface area contributed by atoms with Gasteiger partial charge in [-0.1, -0.05) is 5.16 Å². The summed E-state index contributed by atoms with van der Waals surface area (Å²) < 4.78 is 36.8. The van der Waals surface area contributed by atoms with E-state index in [0.29, 0.717) is 0 Å². The largest absolute Gasteiger partial charge is 0.466 e. The lowest BCUT2D eigenvalue weighted by Gasteiger charge is -2.43. The number of aromatic nitrogens is 1. The summed E-state index contributed by atoms with van der Waals surface area (Å²) in [6.07, 6.45) is -0.565. The van der Waals surface area contributed by atoms with Gasteiger partial charge >= 0.3 is 16.3 Å². The van der Waals surface area contributed by atoms with Crippen molar-refractivity contribution in [2.75, 3.05) is 19.5 Å². The molecule has 1 aliphatic heterocycles. The Bertz CT molecular complexity index is 912. The van der Waals surface area contributed by atoms with Gasteiger partial charge in [0.25, 0.3) is 11.8 Å². The van der Waals surface area contributed by atoms with E-state index in [0.717, 1.165) is 11.3 Å². The molecule has 2 heterocycles. The van der Waals surface area contributed by atoms with Gasteiger partial charge in [0.05, 0.1) is 19.1 Å². The molecule has 0 aliphatic carbocycles. The van der Waals surface area contributed by atoms with Gasteiger partial charge in [-0.15, -0.1) is 11.3 Å². The Balaban J connectivity index is 2.23. The van der Waals surface area contributed by atoms with E-state index in [9.17, 15) is 27.4 Å². The summed E-state index contributed by atoms with van der Waals surface area (Å²) in [4.78, 5) is 44.8. The number of nitrogens with one attached hydrogen (secondary N) is 1. The van der Waals surface area contributed by atoms with E-state index >= 15 is 0 Å². The second-order valence-electron chi connectivity index (χ2n) is 5.33. The topological polar surface area (TPSA) is 191 Å². The molecule has 0 aromatic carbocycles. The van der Waals surface area contributed by atoms with Gasteiger partial charge in [0.15, 0.2) is 10.8 Å². The summed E-state index contributed by atoms with van der Waals surface area (Å²) in [5, 5.41) is 7.38.